The van der Waals surface area contributed by atoms with E-state index in [2.05, 4.69) is 20.1 Å². The standard InChI is InChI=1S/C17H15N5OS.C7H7NOS/c1-10-8-24-15-12(10)7-21(17(15)23)14-4-2-3-13(19-14)16-20-18-9-22(16)11-5-6-11;1-4-3-10-6-5(4)2-8-7(6)9/h2-4,8-9,11H,5-7H2,1H3;3H,2H2,1H3,(H,8,9). The first-order valence-corrected chi connectivity index (χ1v) is 12.9. The Kier molecular flexibility index (Phi) is 5.07. The molecule has 0 spiro atoms. The van der Waals surface area contributed by atoms with Crippen molar-refractivity contribution in [1.29, 1.82) is 0 Å². The highest BCUT2D eigenvalue weighted by Crippen LogP contribution is 2.38. The fraction of sp³-hybridized carbons (Fsp3) is 0.292. The van der Waals surface area contributed by atoms with Crippen LogP contribution in [0.3, 0.4) is 0 Å². The van der Waals surface area contributed by atoms with Gasteiger partial charge in [-0.05, 0) is 71.8 Å². The summed E-state index contributed by atoms with van der Waals surface area (Å²) in [6.07, 6.45) is 4.09. The maximum Gasteiger partial charge on any atom is 0.270 e. The van der Waals surface area contributed by atoms with Gasteiger partial charge in [0.25, 0.3) is 11.8 Å². The van der Waals surface area contributed by atoms with Gasteiger partial charge < -0.3 is 9.88 Å². The molecule has 0 aromatic carbocycles. The zero-order valence-corrected chi connectivity index (χ0v) is 20.4. The van der Waals surface area contributed by atoms with E-state index in [4.69, 9.17) is 4.98 Å². The molecule has 4 aromatic heterocycles. The van der Waals surface area contributed by atoms with Gasteiger partial charge in [0, 0.05) is 12.6 Å². The molecular weight excluding hydrogens is 468 g/mol. The predicted octanol–water partition coefficient (Wildman–Crippen LogP) is 4.51. The number of rotatable bonds is 3. The van der Waals surface area contributed by atoms with Crippen LogP contribution >= 0.6 is 22.7 Å². The number of aromatic nitrogens is 4. The lowest BCUT2D eigenvalue weighted by Crippen LogP contribution is -2.24. The van der Waals surface area contributed by atoms with Crippen molar-refractivity contribution < 1.29 is 9.59 Å². The molecular formula is C24H22N6O2S2. The lowest BCUT2D eigenvalue weighted by molar-refractivity contribution is 0.0967. The van der Waals surface area contributed by atoms with Gasteiger partial charge in [-0.25, -0.2) is 4.98 Å². The number of aryl methyl sites for hydroxylation is 2. The third kappa shape index (κ3) is 3.54. The number of carbonyl (C=O) groups is 2. The molecule has 8 nitrogen and oxygen atoms in total. The summed E-state index contributed by atoms with van der Waals surface area (Å²) < 4.78 is 2.08. The van der Waals surface area contributed by atoms with E-state index in [0.29, 0.717) is 18.4 Å². The van der Waals surface area contributed by atoms with E-state index in [-0.39, 0.29) is 11.8 Å². The van der Waals surface area contributed by atoms with Gasteiger partial charge in [0.15, 0.2) is 5.82 Å². The van der Waals surface area contributed by atoms with Gasteiger partial charge in [-0.1, -0.05) is 6.07 Å². The number of fused-ring (bicyclic) bond motifs is 2. The van der Waals surface area contributed by atoms with E-state index < -0.39 is 0 Å². The molecule has 10 heteroatoms. The molecule has 0 unspecified atom stereocenters. The highest BCUT2D eigenvalue weighted by Gasteiger charge is 2.33. The average molecular weight is 491 g/mol. The number of nitrogens with zero attached hydrogens (tertiary/aromatic N) is 5. The second-order valence-corrected chi connectivity index (χ2v) is 10.5. The van der Waals surface area contributed by atoms with Crippen molar-refractivity contribution in [3.63, 3.8) is 0 Å². The molecule has 0 bridgehead atoms. The quantitative estimate of drug-likeness (QED) is 0.456. The normalized spacial score (nSPS) is 16.2. The fourth-order valence-corrected chi connectivity index (χ4v) is 6.26. The number of pyridine rings is 1. The molecule has 172 valence electrons. The molecule has 0 saturated heterocycles. The van der Waals surface area contributed by atoms with Crippen molar-refractivity contribution >= 4 is 40.3 Å². The van der Waals surface area contributed by atoms with Crippen molar-refractivity contribution in [3.05, 3.63) is 67.3 Å². The zero-order valence-electron chi connectivity index (χ0n) is 18.7. The largest absolute Gasteiger partial charge is 0.347 e. The monoisotopic (exact) mass is 490 g/mol. The Balaban J connectivity index is 0.000000182. The zero-order chi connectivity index (χ0) is 23.4. The molecule has 1 N–H and O–H groups in total. The Labute approximate surface area is 204 Å². The molecule has 34 heavy (non-hydrogen) atoms. The SMILES string of the molecule is Cc1csc2c1CN(c1cccc(-c3nncn3C3CC3)n1)C2=O.Cc1csc2c1CNC2=O. The van der Waals surface area contributed by atoms with Crippen LogP contribution in [0.5, 0.6) is 0 Å². The van der Waals surface area contributed by atoms with E-state index in [0.717, 1.165) is 46.2 Å². The molecule has 1 fully saturated rings. The third-order valence-corrected chi connectivity index (χ3v) is 8.62. The molecule has 0 atom stereocenters. The second kappa shape index (κ2) is 8.14. The van der Waals surface area contributed by atoms with E-state index in [1.165, 1.54) is 39.4 Å². The van der Waals surface area contributed by atoms with E-state index in [1.807, 2.05) is 42.8 Å². The summed E-state index contributed by atoms with van der Waals surface area (Å²) in [6.45, 7) is 5.41. The Bertz CT molecular complexity index is 1430. The summed E-state index contributed by atoms with van der Waals surface area (Å²) in [7, 11) is 0. The lowest BCUT2D eigenvalue weighted by Gasteiger charge is -2.15. The molecule has 2 aliphatic heterocycles. The van der Waals surface area contributed by atoms with E-state index >= 15 is 0 Å². The average Bonchev–Trinajstić information content (AvgIpc) is 3.21. The van der Waals surface area contributed by atoms with Gasteiger partial charge in [-0.3, -0.25) is 14.5 Å². The summed E-state index contributed by atoms with van der Waals surface area (Å²) in [6, 6.07) is 6.22. The summed E-state index contributed by atoms with van der Waals surface area (Å²) in [4.78, 5) is 31.8. The van der Waals surface area contributed by atoms with Crippen LogP contribution in [0.4, 0.5) is 5.82 Å². The maximum absolute atomic E-state index is 12.7. The number of nitrogens with one attached hydrogen (secondary N) is 1. The number of hydrogen-bond acceptors (Lipinski definition) is 7. The molecule has 2 amide bonds. The number of carbonyl (C=O) groups excluding carboxylic acids is 2. The summed E-state index contributed by atoms with van der Waals surface area (Å²) in [5.41, 5.74) is 5.49. The summed E-state index contributed by atoms with van der Waals surface area (Å²) >= 11 is 3.05. The van der Waals surface area contributed by atoms with Gasteiger partial charge >= 0.3 is 0 Å². The van der Waals surface area contributed by atoms with Crippen molar-refractivity contribution in [3.8, 4) is 11.5 Å². The van der Waals surface area contributed by atoms with Gasteiger partial charge in [0.2, 0.25) is 0 Å². The van der Waals surface area contributed by atoms with E-state index in [1.54, 1.807) is 11.2 Å². The van der Waals surface area contributed by atoms with Gasteiger partial charge in [-0.2, -0.15) is 0 Å². The Morgan fingerprint density at radius 2 is 1.79 bits per heavy atom. The van der Waals surface area contributed by atoms with Gasteiger partial charge in [0.05, 0.1) is 16.3 Å². The molecule has 6 heterocycles. The van der Waals surface area contributed by atoms with Crippen LogP contribution in [-0.2, 0) is 13.1 Å². The van der Waals surface area contributed by atoms with Gasteiger partial charge in [0.1, 0.15) is 17.8 Å². The lowest BCUT2D eigenvalue weighted by atomic mass is 10.2. The van der Waals surface area contributed by atoms with Crippen molar-refractivity contribution in [1.82, 2.24) is 25.1 Å². The molecule has 1 saturated carbocycles. The van der Waals surface area contributed by atoms with Crippen LogP contribution in [-0.4, -0.2) is 31.6 Å². The van der Waals surface area contributed by atoms with Crippen molar-refractivity contribution in [2.24, 2.45) is 0 Å². The Hall–Kier alpha value is -3.37. The van der Waals surface area contributed by atoms with Crippen LogP contribution < -0.4 is 10.2 Å². The van der Waals surface area contributed by atoms with Crippen LogP contribution in [0.2, 0.25) is 0 Å². The highest BCUT2D eigenvalue weighted by molar-refractivity contribution is 7.13. The molecule has 3 aliphatic rings. The molecule has 7 rings (SSSR count). The predicted molar refractivity (Wildman–Crippen MR) is 131 cm³/mol. The fourth-order valence-electron chi connectivity index (χ4n) is 4.25. The number of amides is 2. The topological polar surface area (TPSA) is 93.0 Å². The van der Waals surface area contributed by atoms with Crippen LogP contribution in [0, 0.1) is 13.8 Å². The minimum Gasteiger partial charge on any atom is -0.347 e. The van der Waals surface area contributed by atoms with Crippen molar-refractivity contribution in [2.75, 3.05) is 4.90 Å². The molecule has 0 radical (unpaired) electrons. The first-order chi connectivity index (χ1) is 16.5. The maximum atomic E-state index is 12.7. The number of hydrogen-bond donors (Lipinski definition) is 1. The Morgan fingerprint density at radius 3 is 2.53 bits per heavy atom. The minimum atomic E-state index is 0.0383. The number of thiophene rings is 2. The molecule has 1 aliphatic carbocycles. The van der Waals surface area contributed by atoms with Crippen LogP contribution in [0.15, 0.2) is 35.3 Å². The number of anilines is 1. The minimum absolute atomic E-state index is 0.0383. The second-order valence-electron chi connectivity index (χ2n) is 8.70. The van der Waals surface area contributed by atoms with Gasteiger partial charge in [-0.15, -0.1) is 32.9 Å². The van der Waals surface area contributed by atoms with Crippen molar-refractivity contribution in [2.45, 2.75) is 45.8 Å². The summed E-state index contributed by atoms with van der Waals surface area (Å²) in [5.74, 6) is 1.58. The van der Waals surface area contributed by atoms with E-state index in [9.17, 15) is 9.59 Å². The summed E-state index contributed by atoms with van der Waals surface area (Å²) in [5, 5.41) is 15.1. The Morgan fingerprint density at radius 1 is 1.03 bits per heavy atom. The first kappa shape index (κ1) is 21.2. The van der Waals surface area contributed by atoms with Crippen LogP contribution in [0.1, 0.15) is 60.5 Å². The van der Waals surface area contributed by atoms with Crippen LogP contribution in [0.25, 0.3) is 11.5 Å². The highest BCUT2D eigenvalue weighted by atomic mass is 32.1. The third-order valence-electron chi connectivity index (χ3n) is 6.35. The smallest absolute Gasteiger partial charge is 0.270 e. The molecule has 4 aromatic rings. The first-order valence-electron chi connectivity index (χ1n) is 11.1.